The van der Waals surface area contributed by atoms with E-state index in [4.69, 9.17) is 16.9 Å². The molecule has 5 heteroatoms. The highest BCUT2D eigenvalue weighted by Gasteiger charge is 2.15. The number of pyridine rings is 1. The number of benzene rings is 1. The maximum atomic E-state index is 8.87. The Morgan fingerprint density at radius 2 is 2.14 bits per heavy atom. The first-order valence-electron chi connectivity index (χ1n) is 6.65. The lowest BCUT2D eigenvalue weighted by atomic mass is 10.2. The summed E-state index contributed by atoms with van der Waals surface area (Å²) in [4.78, 5) is 9.12. The molecule has 4 nitrogen and oxygen atoms in total. The van der Waals surface area contributed by atoms with Crippen molar-refractivity contribution in [2.75, 3.05) is 0 Å². The Hall–Kier alpha value is -2.38. The molecular formula is C16H13ClN4. The first-order chi connectivity index (χ1) is 10.2. The van der Waals surface area contributed by atoms with Gasteiger partial charge >= 0.3 is 0 Å². The average molecular weight is 297 g/mol. The van der Waals surface area contributed by atoms with Crippen LogP contribution in [0.25, 0.3) is 22.6 Å². The Morgan fingerprint density at radius 1 is 1.33 bits per heavy atom. The van der Waals surface area contributed by atoms with Crippen LogP contribution >= 0.6 is 11.6 Å². The van der Waals surface area contributed by atoms with E-state index in [1.807, 2.05) is 48.0 Å². The van der Waals surface area contributed by atoms with Gasteiger partial charge in [-0.15, -0.1) is 0 Å². The van der Waals surface area contributed by atoms with E-state index in [0.29, 0.717) is 18.0 Å². The smallest absolute Gasteiger partial charge is 0.160 e. The lowest BCUT2D eigenvalue weighted by molar-refractivity contribution is 0.737. The molecule has 3 rings (SSSR count). The Labute approximate surface area is 127 Å². The number of hydrogen-bond acceptors (Lipinski definition) is 3. The van der Waals surface area contributed by atoms with Crippen molar-refractivity contribution in [1.82, 2.24) is 14.5 Å². The van der Waals surface area contributed by atoms with E-state index in [2.05, 4.69) is 16.0 Å². The quantitative estimate of drug-likeness (QED) is 0.734. The van der Waals surface area contributed by atoms with Crippen LogP contribution < -0.4 is 0 Å². The van der Waals surface area contributed by atoms with Crippen LogP contribution in [0.4, 0.5) is 0 Å². The van der Waals surface area contributed by atoms with E-state index in [0.717, 1.165) is 28.1 Å². The third kappa shape index (κ3) is 2.48. The van der Waals surface area contributed by atoms with E-state index in [1.54, 1.807) is 0 Å². The zero-order chi connectivity index (χ0) is 14.8. The number of halogens is 1. The van der Waals surface area contributed by atoms with Gasteiger partial charge in [-0.1, -0.05) is 23.7 Å². The van der Waals surface area contributed by atoms with Crippen LogP contribution in [0.3, 0.4) is 0 Å². The number of rotatable bonds is 3. The molecule has 1 aromatic carbocycles. The molecule has 0 aliphatic carbocycles. The molecule has 0 saturated carbocycles. The molecule has 104 valence electrons. The van der Waals surface area contributed by atoms with Crippen LogP contribution in [-0.2, 0) is 6.54 Å². The molecule has 0 spiro atoms. The first kappa shape index (κ1) is 13.6. The van der Waals surface area contributed by atoms with Crippen molar-refractivity contribution in [1.29, 1.82) is 5.26 Å². The van der Waals surface area contributed by atoms with Gasteiger partial charge in [0, 0.05) is 18.3 Å². The van der Waals surface area contributed by atoms with E-state index in [1.165, 1.54) is 0 Å². The second-order valence-corrected chi connectivity index (χ2v) is 5.24. The maximum absolute atomic E-state index is 8.87. The van der Waals surface area contributed by atoms with Gasteiger partial charge in [0.25, 0.3) is 0 Å². The standard InChI is InChI=1S/C16H13ClN4/c1-11-9-14-16(19-10-11)21(8-4-7-18)15(20-14)12-5-2-3-6-13(12)17/h2-3,5-6,9-10H,4,8H2,1H3. The van der Waals surface area contributed by atoms with Crippen molar-refractivity contribution in [2.45, 2.75) is 19.9 Å². The minimum atomic E-state index is 0.401. The highest BCUT2D eigenvalue weighted by Crippen LogP contribution is 2.29. The van der Waals surface area contributed by atoms with Gasteiger partial charge in [-0.3, -0.25) is 0 Å². The van der Waals surface area contributed by atoms with Gasteiger partial charge in [-0.05, 0) is 30.7 Å². The topological polar surface area (TPSA) is 54.5 Å². The summed E-state index contributed by atoms with van der Waals surface area (Å²) in [5.74, 6) is 0.754. The highest BCUT2D eigenvalue weighted by molar-refractivity contribution is 6.33. The summed E-state index contributed by atoms with van der Waals surface area (Å²) in [7, 11) is 0. The fourth-order valence-corrected chi connectivity index (χ4v) is 2.55. The Balaban J connectivity index is 2.26. The van der Waals surface area contributed by atoms with Gasteiger partial charge in [0.1, 0.15) is 11.3 Å². The number of aromatic nitrogens is 3. The van der Waals surface area contributed by atoms with Crippen LogP contribution in [0.2, 0.25) is 5.02 Å². The number of fused-ring (bicyclic) bond motifs is 1. The van der Waals surface area contributed by atoms with Crippen molar-refractivity contribution in [3.05, 3.63) is 47.1 Å². The fraction of sp³-hybridized carbons (Fsp3) is 0.188. The zero-order valence-electron chi connectivity index (χ0n) is 11.5. The van der Waals surface area contributed by atoms with Crippen LogP contribution in [0.1, 0.15) is 12.0 Å². The Morgan fingerprint density at radius 3 is 2.90 bits per heavy atom. The van der Waals surface area contributed by atoms with Gasteiger partial charge in [-0.25, -0.2) is 9.97 Å². The molecule has 0 radical (unpaired) electrons. The number of aryl methyl sites for hydroxylation is 2. The Bertz CT molecular complexity index is 845. The van der Waals surface area contributed by atoms with Crippen LogP contribution in [-0.4, -0.2) is 14.5 Å². The second kappa shape index (κ2) is 5.55. The molecule has 0 bridgehead atoms. The third-order valence-corrected chi connectivity index (χ3v) is 3.61. The van der Waals surface area contributed by atoms with Gasteiger partial charge in [0.15, 0.2) is 5.65 Å². The summed E-state index contributed by atoms with van der Waals surface area (Å²) in [6, 6.07) is 11.7. The summed E-state index contributed by atoms with van der Waals surface area (Å²) in [5.41, 5.74) is 3.51. The summed E-state index contributed by atoms with van der Waals surface area (Å²) >= 11 is 6.28. The van der Waals surface area contributed by atoms with Gasteiger partial charge in [-0.2, -0.15) is 5.26 Å². The van der Waals surface area contributed by atoms with E-state index < -0.39 is 0 Å². The van der Waals surface area contributed by atoms with E-state index >= 15 is 0 Å². The van der Waals surface area contributed by atoms with Gasteiger partial charge < -0.3 is 4.57 Å². The summed E-state index contributed by atoms with van der Waals surface area (Å²) < 4.78 is 1.96. The number of hydrogen-bond donors (Lipinski definition) is 0. The second-order valence-electron chi connectivity index (χ2n) is 4.83. The normalized spacial score (nSPS) is 10.7. The summed E-state index contributed by atoms with van der Waals surface area (Å²) in [6.45, 7) is 2.53. The molecule has 2 aromatic heterocycles. The zero-order valence-corrected chi connectivity index (χ0v) is 12.3. The monoisotopic (exact) mass is 296 g/mol. The molecule has 0 unspecified atom stereocenters. The minimum absolute atomic E-state index is 0.401. The molecule has 2 heterocycles. The Kier molecular flexibility index (Phi) is 3.59. The number of imidazole rings is 1. The molecule has 21 heavy (non-hydrogen) atoms. The molecular weight excluding hydrogens is 284 g/mol. The molecule has 0 amide bonds. The van der Waals surface area contributed by atoms with Crippen molar-refractivity contribution in [3.8, 4) is 17.5 Å². The maximum Gasteiger partial charge on any atom is 0.160 e. The summed E-state index contributed by atoms with van der Waals surface area (Å²) in [6.07, 6.45) is 2.21. The molecule has 0 fully saturated rings. The van der Waals surface area contributed by atoms with Crippen LogP contribution in [0.5, 0.6) is 0 Å². The van der Waals surface area contributed by atoms with Crippen LogP contribution in [0.15, 0.2) is 36.5 Å². The van der Waals surface area contributed by atoms with E-state index in [-0.39, 0.29) is 0 Å². The van der Waals surface area contributed by atoms with Gasteiger partial charge in [0.2, 0.25) is 0 Å². The van der Waals surface area contributed by atoms with Crippen molar-refractivity contribution in [3.63, 3.8) is 0 Å². The number of nitrogens with zero attached hydrogens (tertiary/aromatic N) is 4. The average Bonchev–Trinajstić information content (AvgIpc) is 2.83. The van der Waals surface area contributed by atoms with E-state index in [9.17, 15) is 0 Å². The fourth-order valence-electron chi connectivity index (χ4n) is 2.33. The SMILES string of the molecule is Cc1cnc2c(c1)nc(-c1ccccc1Cl)n2CCC#N. The van der Waals surface area contributed by atoms with Crippen LogP contribution in [0, 0.1) is 18.3 Å². The lowest BCUT2D eigenvalue weighted by Crippen LogP contribution is -2.01. The molecule has 0 aliphatic heterocycles. The first-order valence-corrected chi connectivity index (χ1v) is 7.03. The molecule has 3 aromatic rings. The predicted molar refractivity (Wildman–Crippen MR) is 82.9 cm³/mol. The van der Waals surface area contributed by atoms with Gasteiger partial charge in [0.05, 0.1) is 17.5 Å². The lowest BCUT2D eigenvalue weighted by Gasteiger charge is -2.07. The molecule has 0 atom stereocenters. The van der Waals surface area contributed by atoms with Crippen molar-refractivity contribution >= 4 is 22.8 Å². The highest BCUT2D eigenvalue weighted by atomic mass is 35.5. The van der Waals surface area contributed by atoms with Crippen molar-refractivity contribution < 1.29 is 0 Å². The largest absolute Gasteiger partial charge is 0.308 e. The molecule has 0 saturated heterocycles. The number of nitriles is 1. The molecule has 0 aliphatic rings. The molecule has 0 N–H and O–H groups in total. The summed E-state index contributed by atoms with van der Waals surface area (Å²) in [5, 5.41) is 9.51. The van der Waals surface area contributed by atoms with Crippen molar-refractivity contribution in [2.24, 2.45) is 0 Å². The third-order valence-electron chi connectivity index (χ3n) is 3.28. The predicted octanol–water partition coefficient (Wildman–Crippen LogP) is 3.97. The minimum Gasteiger partial charge on any atom is -0.308 e.